The van der Waals surface area contributed by atoms with Crippen LogP contribution in [0.5, 0.6) is 11.5 Å². The second-order valence-electron chi connectivity index (χ2n) is 7.31. The summed E-state index contributed by atoms with van der Waals surface area (Å²) in [6.07, 6.45) is 2.30. The van der Waals surface area contributed by atoms with Crippen LogP contribution < -0.4 is 25.4 Å². The molecule has 3 aromatic carbocycles. The summed E-state index contributed by atoms with van der Waals surface area (Å²) in [7, 11) is -0.753. The van der Waals surface area contributed by atoms with Gasteiger partial charge in [-0.1, -0.05) is 74.5 Å². The molecule has 0 spiro atoms. The third kappa shape index (κ3) is 5.61. The van der Waals surface area contributed by atoms with Crippen LogP contribution in [0.2, 0.25) is 0 Å². The lowest BCUT2D eigenvalue weighted by Crippen LogP contribution is -2.24. The van der Waals surface area contributed by atoms with Crippen LogP contribution in [-0.4, -0.2) is 12.2 Å². The monoisotopic (exact) mass is 406 g/mol. The van der Waals surface area contributed by atoms with E-state index < -0.39 is 7.92 Å². The van der Waals surface area contributed by atoms with Crippen LogP contribution in [0.25, 0.3) is 0 Å². The van der Waals surface area contributed by atoms with Crippen molar-refractivity contribution in [3.8, 4) is 11.5 Å². The molecule has 0 saturated carbocycles. The van der Waals surface area contributed by atoms with Crippen molar-refractivity contribution in [1.29, 1.82) is 0 Å². The van der Waals surface area contributed by atoms with E-state index in [2.05, 4.69) is 100 Å². The molecule has 0 radical (unpaired) electrons. The average Bonchev–Trinajstić information content (AvgIpc) is 2.77. The molecule has 3 rings (SSSR count). The summed E-state index contributed by atoms with van der Waals surface area (Å²) >= 11 is 0. The highest BCUT2D eigenvalue weighted by Gasteiger charge is 2.22. The SMILES string of the molecule is CCC(C)Oc1ccc(OC(C)CC)c(P(c2ccccc2)c2ccccc2)c1. The van der Waals surface area contributed by atoms with Gasteiger partial charge in [0.05, 0.1) is 12.2 Å². The first-order valence-electron chi connectivity index (χ1n) is 10.5. The minimum atomic E-state index is -0.753. The largest absolute Gasteiger partial charge is 0.491 e. The lowest BCUT2D eigenvalue weighted by atomic mass is 10.2. The van der Waals surface area contributed by atoms with Crippen LogP contribution in [0.4, 0.5) is 0 Å². The first kappa shape index (κ1) is 21.4. The van der Waals surface area contributed by atoms with Crippen molar-refractivity contribution < 1.29 is 9.47 Å². The van der Waals surface area contributed by atoms with Crippen LogP contribution in [0.3, 0.4) is 0 Å². The Kier molecular flexibility index (Phi) is 7.72. The molecule has 0 saturated heterocycles. The molecule has 0 N–H and O–H groups in total. The van der Waals surface area contributed by atoms with Crippen molar-refractivity contribution >= 4 is 23.8 Å². The summed E-state index contributed by atoms with van der Waals surface area (Å²) in [6, 6.07) is 27.8. The molecule has 0 fully saturated rings. The molecule has 0 heterocycles. The molecule has 2 unspecified atom stereocenters. The average molecular weight is 407 g/mol. The number of rotatable bonds is 9. The van der Waals surface area contributed by atoms with E-state index >= 15 is 0 Å². The van der Waals surface area contributed by atoms with E-state index in [0.717, 1.165) is 24.3 Å². The van der Waals surface area contributed by atoms with E-state index in [9.17, 15) is 0 Å². The van der Waals surface area contributed by atoms with Gasteiger partial charge in [0, 0.05) is 5.30 Å². The molecule has 152 valence electrons. The zero-order valence-electron chi connectivity index (χ0n) is 17.8. The van der Waals surface area contributed by atoms with Gasteiger partial charge in [0.1, 0.15) is 11.5 Å². The predicted molar refractivity (Wildman–Crippen MR) is 126 cm³/mol. The van der Waals surface area contributed by atoms with Crippen LogP contribution in [0.1, 0.15) is 40.5 Å². The van der Waals surface area contributed by atoms with E-state index in [0.29, 0.717) is 0 Å². The molecule has 0 aromatic heterocycles. The third-order valence-electron chi connectivity index (χ3n) is 5.02. The van der Waals surface area contributed by atoms with E-state index in [-0.39, 0.29) is 12.2 Å². The predicted octanol–water partition coefficient (Wildman–Crippen LogP) is 5.80. The molecule has 2 nitrogen and oxygen atoms in total. The van der Waals surface area contributed by atoms with E-state index in [1.165, 1.54) is 15.9 Å². The Morgan fingerprint density at radius 2 is 1.21 bits per heavy atom. The maximum absolute atomic E-state index is 6.37. The highest BCUT2D eigenvalue weighted by molar-refractivity contribution is 7.80. The topological polar surface area (TPSA) is 18.5 Å². The molecule has 3 heteroatoms. The Bertz CT molecular complexity index is 840. The van der Waals surface area contributed by atoms with E-state index in [1.807, 2.05) is 6.07 Å². The molecule has 0 aliphatic heterocycles. The highest BCUT2D eigenvalue weighted by Crippen LogP contribution is 2.38. The second-order valence-corrected chi connectivity index (χ2v) is 9.49. The van der Waals surface area contributed by atoms with Crippen molar-refractivity contribution in [2.24, 2.45) is 0 Å². The molecule has 0 aliphatic rings. The van der Waals surface area contributed by atoms with Crippen molar-refractivity contribution in [2.45, 2.75) is 52.7 Å². The Morgan fingerprint density at radius 3 is 1.72 bits per heavy atom. The Balaban J connectivity index is 2.14. The lowest BCUT2D eigenvalue weighted by molar-refractivity contribution is 0.212. The quantitative estimate of drug-likeness (QED) is 0.418. The zero-order chi connectivity index (χ0) is 20.6. The van der Waals surface area contributed by atoms with Gasteiger partial charge in [-0.3, -0.25) is 0 Å². The maximum atomic E-state index is 6.37. The number of ether oxygens (including phenoxy) is 2. The number of hydrogen-bond donors (Lipinski definition) is 0. The molecule has 0 aliphatic carbocycles. The molecule has 2 atom stereocenters. The molecular weight excluding hydrogens is 375 g/mol. The van der Waals surface area contributed by atoms with Gasteiger partial charge in [-0.2, -0.15) is 0 Å². The minimum absolute atomic E-state index is 0.165. The van der Waals surface area contributed by atoms with Gasteiger partial charge in [-0.15, -0.1) is 0 Å². The summed E-state index contributed by atoms with van der Waals surface area (Å²) < 4.78 is 12.5. The van der Waals surface area contributed by atoms with Crippen molar-refractivity contribution in [3.05, 3.63) is 78.9 Å². The van der Waals surface area contributed by atoms with Gasteiger partial charge in [0.25, 0.3) is 0 Å². The summed E-state index contributed by atoms with van der Waals surface area (Å²) in [6.45, 7) is 8.54. The van der Waals surface area contributed by atoms with Crippen LogP contribution in [0.15, 0.2) is 78.9 Å². The van der Waals surface area contributed by atoms with Gasteiger partial charge in [0.15, 0.2) is 0 Å². The van der Waals surface area contributed by atoms with Crippen molar-refractivity contribution in [2.75, 3.05) is 0 Å². The van der Waals surface area contributed by atoms with Crippen LogP contribution in [0, 0.1) is 0 Å². The number of benzene rings is 3. The molecule has 29 heavy (non-hydrogen) atoms. The molecule has 0 amide bonds. The Morgan fingerprint density at radius 1 is 0.690 bits per heavy atom. The van der Waals surface area contributed by atoms with E-state index in [1.54, 1.807) is 0 Å². The molecular formula is C26H31O2P. The normalized spacial score (nSPS) is 13.1. The first-order chi connectivity index (χ1) is 14.1. The Hall–Kier alpha value is -2.31. The number of hydrogen-bond acceptors (Lipinski definition) is 2. The smallest absolute Gasteiger partial charge is 0.128 e. The van der Waals surface area contributed by atoms with Gasteiger partial charge >= 0.3 is 0 Å². The lowest BCUT2D eigenvalue weighted by Gasteiger charge is -2.25. The summed E-state index contributed by atoms with van der Waals surface area (Å²) in [4.78, 5) is 0. The summed E-state index contributed by atoms with van der Waals surface area (Å²) in [5.74, 6) is 1.86. The fourth-order valence-electron chi connectivity index (χ4n) is 3.04. The second kappa shape index (κ2) is 10.5. The van der Waals surface area contributed by atoms with Gasteiger partial charge in [-0.05, 0) is 63.4 Å². The standard InChI is InChI=1S/C26H31O2P/c1-5-20(3)27-22-17-18-25(28-21(4)6-2)26(19-22)29(23-13-9-7-10-14-23)24-15-11-8-12-16-24/h7-21H,5-6H2,1-4H3. The van der Waals surface area contributed by atoms with Gasteiger partial charge < -0.3 is 9.47 Å². The van der Waals surface area contributed by atoms with Crippen LogP contribution in [-0.2, 0) is 0 Å². The van der Waals surface area contributed by atoms with Crippen LogP contribution >= 0.6 is 7.92 Å². The third-order valence-corrected chi connectivity index (χ3v) is 7.48. The molecule has 3 aromatic rings. The highest BCUT2D eigenvalue weighted by atomic mass is 31.1. The minimum Gasteiger partial charge on any atom is -0.491 e. The fourth-order valence-corrected chi connectivity index (χ4v) is 5.44. The van der Waals surface area contributed by atoms with Crippen molar-refractivity contribution in [3.63, 3.8) is 0 Å². The van der Waals surface area contributed by atoms with Gasteiger partial charge in [0.2, 0.25) is 0 Å². The van der Waals surface area contributed by atoms with E-state index in [4.69, 9.17) is 9.47 Å². The molecule has 0 bridgehead atoms. The fraction of sp³-hybridized carbons (Fsp3) is 0.308. The first-order valence-corrected chi connectivity index (χ1v) is 11.8. The Labute approximate surface area is 176 Å². The summed E-state index contributed by atoms with van der Waals surface area (Å²) in [5, 5.41) is 3.82. The maximum Gasteiger partial charge on any atom is 0.128 e. The van der Waals surface area contributed by atoms with Crippen molar-refractivity contribution in [1.82, 2.24) is 0 Å². The zero-order valence-corrected chi connectivity index (χ0v) is 18.7. The summed E-state index contributed by atoms with van der Waals surface area (Å²) in [5.41, 5.74) is 0. The van der Waals surface area contributed by atoms with Gasteiger partial charge in [-0.25, -0.2) is 0 Å².